The van der Waals surface area contributed by atoms with E-state index in [2.05, 4.69) is 20.1 Å². The van der Waals surface area contributed by atoms with Crippen LogP contribution < -0.4 is 5.32 Å². The van der Waals surface area contributed by atoms with Gasteiger partial charge in [0, 0.05) is 18.0 Å². The summed E-state index contributed by atoms with van der Waals surface area (Å²) in [5.41, 5.74) is 7.25. The lowest BCUT2D eigenvalue weighted by atomic mass is 10.1. The van der Waals surface area contributed by atoms with Gasteiger partial charge < -0.3 is 10.1 Å². The highest BCUT2D eigenvalue weighted by molar-refractivity contribution is 5.79. The fourth-order valence-electron chi connectivity index (χ4n) is 0.790. The van der Waals surface area contributed by atoms with Crippen LogP contribution in [0, 0.1) is 0 Å². The number of hydrogen-bond donors (Lipinski definition) is 1. The van der Waals surface area contributed by atoms with E-state index in [1.54, 1.807) is 13.8 Å². The van der Waals surface area contributed by atoms with Gasteiger partial charge in [0.1, 0.15) is 5.54 Å². The number of hydrogen-bond acceptors (Lipinski definition) is 4. The number of azide groups is 1. The highest BCUT2D eigenvalue weighted by atomic mass is 16.5. The maximum Gasteiger partial charge on any atom is 0.325 e. The Kier molecular flexibility index (Phi) is 4.87. The number of ether oxygens (including phenoxy) is 1. The van der Waals surface area contributed by atoms with Crippen molar-refractivity contribution in [2.45, 2.75) is 19.4 Å². The molecule has 0 aromatic carbocycles. The average molecular weight is 186 g/mol. The Balaban J connectivity index is 3.88. The van der Waals surface area contributed by atoms with Crippen molar-refractivity contribution >= 4 is 5.97 Å². The summed E-state index contributed by atoms with van der Waals surface area (Å²) in [6.07, 6.45) is 0. The van der Waals surface area contributed by atoms with Crippen molar-refractivity contribution in [1.82, 2.24) is 5.32 Å². The summed E-state index contributed by atoms with van der Waals surface area (Å²) in [5, 5.41) is 6.23. The molecule has 0 amide bonds. The molecule has 0 spiro atoms. The molecule has 0 atom stereocenters. The molecule has 6 heteroatoms. The lowest BCUT2D eigenvalue weighted by molar-refractivity contribution is -0.147. The Morgan fingerprint density at radius 3 is 2.77 bits per heavy atom. The van der Waals surface area contributed by atoms with Gasteiger partial charge in [-0.2, -0.15) is 0 Å². The van der Waals surface area contributed by atoms with Crippen LogP contribution in [0.25, 0.3) is 10.4 Å². The molecule has 0 bridgehead atoms. The number of methoxy groups -OCH3 is 1. The van der Waals surface area contributed by atoms with E-state index < -0.39 is 5.54 Å². The summed E-state index contributed by atoms with van der Waals surface area (Å²) >= 11 is 0. The Labute approximate surface area is 76.9 Å². The van der Waals surface area contributed by atoms with Crippen LogP contribution in [0.15, 0.2) is 5.11 Å². The molecule has 0 aliphatic carbocycles. The van der Waals surface area contributed by atoms with Gasteiger partial charge in [-0.15, -0.1) is 0 Å². The normalized spacial score (nSPS) is 10.4. The van der Waals surface area contributed by atoms with Crippen LogP contribution in [-0.2, 0) is 9.53 Å². The SMILES string of the molecule is COC(=O)C(C)(C)NCCN=[N+]=[N-]. The Bertz CT molecular complexity index is 221. The lowest BCUT2D eigenvalue weighted by Crippen LogP contribution is -2.48. The first kappa shape index (κ1) is 11.7. The second-order valence-electron chi connectivity index (χ2n) is 3.00. The molecule has 0 aliphatic rings. The average Bonchev–Trinajstić information content (AvgIpc) is 2.11. The molecule has 13 heavy (non-hydrogen) atoms. The first-order valence-corrected chi connectivity index (χ1v) is 3.89. The number of esters is 1. The van der Waals surface area contributed by atoms with Gasteiger partial charge in [-0.25, -0.2) is 0 Å². The number of carbonyl (C=O) groups is 1. The Morgan fingerprint density at radius 2 is 2.31 bits per heavy atom. The molecule has 1 N–H and O–H groups in total. The molecule has 6 nitrogen and oxygen atoms in total. The third kappa shape index (κ3) is 4.35. The molecule has 0 rings (SSSR count). The number of nitrogens with one attached hydrogen (secondary N) is 1. The standard InChI is InChI=1S/C7H14N4O2/c1-7(2,6(12)13-3)9-4-5-10-11-8/h9H,4-5H2,1-3H3. The quantitative estimate of drug-likeness (QED) is 0.227. The molecule has 0 aliphatic heterocycles. The molecular weight excluding hydrogens is 172 g/mol. The summed E-state index contributed by atoms with van der Waals surface area (Å²) in [6, 6.07) is 0. The first-order valence-electron chi connectivity index (χ1n) is 3.89. The molecule has 0 radical (unpaired) electrons. The summed E-state index contributed by atoms with van der Waals surface area (Å²) in [4.78, 5) is 13.7. The minimum atomic E-state index is -0.736. The maximum atomic E-state index is 11.1. The van der Waals surface area contributed by atoms with Crippen molar-refractivity contribution in [3.8, 4) is 0 Å². The topological polar surface area (TPSA) is 87.1 Å². The van der Waals surface area contributed by atoms with Crippen LogP contribution in [0.4, 0.5) is 0 Å². The predicted molar refractivity (Wildman–Crippen MR) is 48.1 cm³/mol. The van der Waals surface area contributed by atoms with Crippen molar-refractivity contribution in [1.29, 1.82) is 0 Å². The zero-order chi connectivity index (χ0) is 10.3. The second-order valence-corrected chi connectivity index (χ2v) is 3.00. The molecule has 0 saturated heterocycles. The highest BCUT2D eigenvalue weighted by Gasteiger charge is 2.27. The Morgan fingerprint density at radius 1 is 1.69 bits per heavy atom. The van der Waals surface area contributed by atoms with Gasteiger partial charge in [-0.1, -0.05) is 5.11 Å². The minimum Gasteiger partial charge on any atom is -0.468 e. The summed E-state index contributed by atoms with van der Waals surface area (Å²) in [6.45, 7) is 4.17. The van der Waals surface area contributed by atoms with Gasteiger partial charge in [0.2, 0.25) is 0 Å². The van der Waals surface area contributed by atoms with E-state index in [1.165, 1.54) is 7.11 Å². The van der Waals surface area contributed by atoms with Gasteiger partial charge >= 0.3 is 5.97 Å². The van der Waals surface area contributed by atoms with E-state index in [9.17, 15) is 4.79 Å². The molecule has 0 fully saturated rings. The zero-order valence-corrected chi connectivity index (χ0v) is 8.07. The maximum absolute atomic E-state index is 11.1. The van der Waals surface area contributed by atoms with Gasteiger partial charge in [0.15, 0.2) is 0 Å². The van der Waals surface area contributed by atoms with E-state index in [1.807, 2.05) is 0 Å². The predicted octanol–water partition coefficient (Wildman–Crippen LogP) is 0.838. The molecular formula is C7H14N4O2. The van der Waals surface area contributed by atoms with Crippen LogP contribution in [0.2, 0.25) is 0 Å². The van der Waals surface area contributed by atoms with Crippen LogP contribution in [0.3, 0.4) is 0 Å². The monoisotopic (exact) mass is 186 g/mol. The van der Waals surface area contributed by atoms with Gasteiger partial charge in [0.05, 0.1) is 7.11 Å². The smallest absolute Gasteiger partial charge is 0.325 e. The highest BCUT2D eigenvalue weighted by Crippen LogP contribution is 2.03. The largest absolute Gasteiger partial charge is 0.468 e. The van der Waals surface area contributed by atoms with E-state index in [-0.39, 0.29) is 5.97 Å². The van der Waals surface area contributed by atoms with Gasteiger partial charge in [0.25, 0.3) is 0 Å². The third-order valence-corrected chi connectivity index (χ3v) is 1.54. The van der Waals surface area contributed by atoms with Crippen molar-refractivity contribution < 1.29 is 9.53 Å². The summed E-state index contributed by atoms with van der Waals surface area (Å²) in [5.74, 6) is -0.339. The van der Waals surface area contributed by atoms with Crippen LogP contribution >= 0.6 is 0 Å². The number of carbonyl (C=O) groups excluding carboxylic acids is 1. The first-order chi connectivity index (χ1) is 6.04. The molecule has 74 valence electrons. The lowest BCUT2D eigenvalue weighted by Gasteiger charge is -2.22. The van der Waals surface area contributed by atoms with Crippen molar-refractivity contribution in [3.63, 3.8) is 0 Å². The third-order valence-electron chi connectivity index (χ3n) is 1.54. The number of nitrogens with zero attached hydrogens (tertiary/aromatic N) is 3. The van der Waals surface area contributed by atoms with Crippen molar-refractivity contribution in [2.75, 3.05) is 20.2 Å². The van der Waals surface area contributed by atoms with Gasteiger partial charge in [-0.3, -0.25) is 4.79 Å². The zero-order valence-electron chi connectivity index (χ0n) is 8.07. The fraction of sp³-hybridized carbons (Fsp3) is 0.857. The van der Waals surface area contributed by atoms with Crippen LogP contribution in [0.1, 0.15) is 13.8 Å². The van der Waals surface area contributed by atoms with Crippen molar-refractivity contribution in [2.24, 2.45) is 5.11 Å². The molecule has 0 unspecified atom stereocenters. The Hall–Kier alpha value is -1.26. The summed E-state index contributed by atoms with van der Waals surface area (Å²) < 4.78 is 4.57. The van der Waals surface area contributed by atoms with E-state index >= 15 is 0 Å². The van der Waals surface area contributed by atoms with E-state index in [0.717, 1.165) is 0 Å². The van der Waals surface area contributed by atoms with E-state index in [4.69, 9.17) is 5.53 Å². The minimum absolute atomic E-state index is 0.316. The molecule has 0 saturated carbocycles. The molecule has 0 aromatic heterocycles. The summed E-state index contributed by atoms with van der Waals surface area (Å²) in [7, 11) is 1.33. The van der Waals surface area contributed by atoms with Crippen LogP contribution in [-0.4, -0.2) is 31.7 Å². The number of rotatable bonds is 5. The molecule has 0 aromatic rings. The van der Waals surface area contributed by atoms with Crippen LogP contribution in [0.5, 0.6) is 0 Å². The van der Waals surface area contributed by atoms with Gasteiger partial charge in [-0.05, 0) is 19.4 Å². The fourth-order valence-corrected chi connectivity index (χ4v) is 0.790. The second kappa shape index (κ2) is 5.40. The van der Waals surface area contributed by atoms with E-state index in [0.29, 0.717) is 13.1 Å². The van der Waals surface area contributed by atoms with Crippen molar-refractivity contribution in [3.05, 3.63) is 10.4 Å². The molecule has 0 heterocycles.